The Kier molecular flexibility index (Phi) is 3.28. The van der Waals surface area contributed by atoms with E-state index in [1.165, 1.54) is 0 Å². The molecule has 3 N–H and O–H groups in total. The number of rotatable bonds is 3. The number of thiocarbonyl (C=S) groups is 1. The zero-order valence-electron chi connectivity index (χ0n) is 11.1. The number of amides is 1. The van der Waals surface area contributed by atoms with Crippen molar-refractivity contribution in [3.63, 3.8) is 0 Å². The fourth-order valence-electron chi connectivity index (χ4n) is 1.79. The van der Waals surface area contributed by atoms with Crippen molar-refractivity contribution in [1.82, 2.24) is 15.1 Å². The second kappa shape index (κ2) is 4.62. The van der Waals surface area contributed by atoms with Crippen molar-refractivity contribution in [3.05, 3.63) is 30.0 Å². The van der Waals surface area contributed by atoms with Crippen LogP contribution in [0.15, 0.2) is 24.3 Å². The molecule has 0 saturated heterocycles. The average molecular weight is 276 g/mol. The number of aryl methyl sites for hydroxylation is 1. The molecule has 0 unspecified atom stereocenters. The molecular weight excluding hydrogens is 260 g/mol. The summed E-state index contributed by atoms with van der Waals surface area (Å²) in [5, 5.41) is 7.86. The Balaban J connectivity index is 2.40. The van der Waals surface area contributed by atoms with E-state index in [0.29, 0.717) is 5.69 Å². The Morgan fingerprint density at radius 1 is 1.42 bits per heavy atom. The lowest BCUT2D eigenvalue weighted by atomic mass is 10.1. The molecule has 2 aromatic rings. The third-order valence-electron chi connectivity index (χ3n) is 3.01. The maximum atomic E-state index is 12.3. The minimum Gasteiger partial charge on any atom is -0.391 e. The molecule has 0 bridgehead atoms. The van der Waals surface area contributed by atoms with E-state index in [2.05, 4.69) is 10.4 Å². The molecule has 0 aliphatic heterocycles. The second-order valence-electron chi connectivity index (χ2n) is 4.93. The van der Waals surface area contributed by atoms with Gasteiger partial charge in [-0.1, -0.05) is 30.4 Å². The van der Waals surface area contributed by atoms with Gasteiger partial charge in [0, 0.05) is 12.4 Å². The quantitative estimate of drug-likeness (QED) is 0.830. The van der Waals surface area contributed by atoms with E-state index in [4.69, 9.17) is 18.0 Å². The first-order chi connectivity index (χ1) is 8.83. The van der Waals surface area contributed by atoms with Crippen molar-refractivity contribution in [2.45, 2.75) is 19.4 Å². The highest BCUT2D eigenvalue weighted by atomic mass is 32.1. The van der Waals surface area contributed by atoms with Crippen LogP contribution in [0.1, 0.15) is 24.3 Å². The first-order valence-electron chi connectivity index (χ1n) is 5.87. The highest BCUT2D eigenvalue weighted by Gasteiger charge is 2.26. The summed E-state index contributed by atoms with van der Waals surface area (Å²) in [5.74, 6) is -0.283. The van der Waals surface area contributed by atoms with Crippen LogP contribution in [0.25, 0.3) is 10.9 Å². The smallest absolute Gasteiger partial charge is 0.273 e. The van der Waals surface area contributed by atoms with Gasteiger partial charge in [-0.15, -0.1) is 0 Å². The van der Waals surface area contributed by atoms with Crippen molar-refractivity contribution in [2.24, 2.45) is 12.8 Å². The Labute approximate surface area is 116 Å². The van der Waals surface area contributed by atoms with Gasteiger partial charge in [0.1, 0.15) is 0 Å². The number of carbonyl (C=O) groups is 1. The van der Waals surface area contributed by atoms with Gasteiger partial charge in [0.25, 0.3) is 5.91 Å². The van der Waals surface area contributed by atoms with Gasteiger partial charge in [-0.2, -0.15) is 5.10 Å². The summed E-state index contributed by atoms with van der Waals surface area (Å²) in [5.41, 5.74) is 6.14. The summed E-state index contributed by atoms with van der Waals surface area (Å²) in [6.45, 7) is 3.52. The van der Waals surface area contributed by atoms with Crippen molar-refractivity contribution in [1.29, 1.82) is 0 Å². The number of nitrogens with two attached hydrogens (primary N) is 1. The number of carbonyl (C=O) groups excluding carboxylic acids is 1. The third kappa shape index (κ3) is 2.44. The molecular formula is C13H16N4OS. The molecule has 0 aliphatic carbocycles. The number of hydrogen-bond acceptors (Lipinski definition) is 3. The van der Waals surface area contributed by atoms with Gasteiger partial charge in [-0.25, -0.2) is 0 Å². The monoisotopic (exact) mass is 276 g/mol. The number of hydrogen-bond donors (Lipinski definition) is 2. The van der Waals surface area contributed by atoms with Crippen LogP contribution in [-0.4, -0.2) is 26.2 Å². The minimum absolute atomic E-state index is 0.237. The van der Waals surface area contributed by atoms with Crippen molar-refractivity contribution < 1.29 is 4.79 Å². The Bertz CT molecular complexity index is 660. The molecule has 1 aromatic heterocycles. The van der Waals surface area contributed by atoms with Crippen molar-refractivity contribution >= 4 is 34.0 Å². The zero-order chi connectivity index (χ0) is 14.2. The van der Waals surface area contributed by atoms with Crippen LogP contribution in [0.5, 0.6) is 0 Å². The number of fused-ring (bicyclic) bond motifs is 1. The lowest BCUT2D eigenvalue weighted by Gasteiger charge is -2.24. The molecule has 0 saturated carbocycles. The molecule has 5 nitrogen and oxygen atoms in total. The molecule has 1 heterocycles. The molecule has 0 radical (unpaired) electrons. The number of nitrogens with one attached hydrogen (secondary N) is 1. The molecule has 1 amide bonds. The van der Waals surface area contributed by atoms with Crippen LogP contribution in [0.4, 0.5) is 0 Å². The number of benzene rings is 1. The maximum Gasteiger partial charge on any atom is 0.273 e. The van der Waals surface area contributed by atoms with Crippen LogP contribution < -0.4 is 11.1 Å². The lowest BCUT2D eigenvalue weighted by Crippen LogP contribution is -2.52. The number of nitrogens with zero attached hydrogens (tertiary/aromatic N) is 2. The topological polar surface area (TPSA) is 72.9 Å². The van der Waals surface area contributed by atoms with E-state index < -0.39 is 5.54 Å². The van der Waals surface area contributed by atoms with E-state index in [1.807, 2.05) is 24.3 Å². The van der Waals surface area contributed by atoms with E-state index in [9.17, 15) is 4.79 Å². The van der Waals surface area contributed by atoms with Crippen LogP contribution in [-0.2, 0) is 7.05 Å². The molecule has 6 heteroatoms. The molecule has 0 atom stereocenters. The maximum absolute atomic E-state index is 12.3. The van der Waals surface area contributed by atoms with E-state index in [0.717, 1.165) is 10.9 Å². The first kappa shape index (κ1) is 13.5. The van der Waals surface area contributed by atoms with Gasteiger partial charge in [0.15, 0.2) is 5.69 Å². The average Bonchev–Trinajstić information content (AvgIpc) is 2.67. The third-order valence-corrected chi connectivity index (χ3v) is 3.53. The summed E-state index contributed by atoms with van der Waals surface area (Å²) in [4.78, 5) is 12.5. The fraction of sp³-hybridized carbons (Fsp3) is 0.308. The molecule has 2 rings (SSSR count). The standard InChI is InChI=1S/C13H16N4OS/c1-13(2,12(14)19)15-11(18)10-8-6-4-5-7-9(8)17(3)16-10/h4-7H,1-3H3,(H2,14,19)(H,15,18). The molecule has 19 heavy (non-hydrogen) atoms. The van der Waals surface area contributed by atoms with Gasteiger partial charge >= 0.3 is 0 Å². The normalized spacial score (nSPS) is 11.5. The van der Waals surface area contributed by atoms with E-state index in [-0.39, 0.29) is 10.9 Å². The summed E-state index contributed by atoms with van der Waals surface area (Å²) in [6, 6.07) is 7.56. The molecule has 0 fully saturated rings. The lowest BCUT2D eigenvalue weighted by molar-refractivity contribution is 0.0928. The van der Waals surface area contributed by atoms with Crippen LogP contribution >= 0.6 is 12.2 Å². The Morgan fingerprint density at radius 2 is 2.05 bits per heavy atom. The molecule has 1 aromatic carbocycles. The minimum atomic E-state index is -0.745. The second-order valence-corrected chi connectivity index (χ2v) is 5.37. The molecule has 0 spiro atoms. The first-order valence-corrected chi connectivity index (χ1v) is 6.28. The fourth-order valence-corrected chi connectivity index (χ4v) is 1.84. The summed E-state index contributed by atoms with van der Waals surface area (Å²) >= 11 is 4.94. The zero-order valence-corrected chi connectivity index (χ0v) is 11.9. The van der Waals surface area contributed by atoms with Gasteiger partial charge in [-0.3, -0.25) is 9.48 Å². The predicted molar refractivity (Wildman–Crippen MR) is 79.0 cm³/mol. The SMILES string of the molecule is Cn1nc(C(=O)NC(C)(C)C(N)=S)c2ccccc21. The summed E-state index contributed by atoms with van der Waals surface area (Å²) in [6.07, 6.45) is 0. The largest absolute Gasteiger partial charge is 0.391 e. The highest BCUT2D eigenvalue weighted by molar-refractivity contribution is 7.80. The Hall–Kier alpha value is -1.95. The van der Waals surface area contributed by atoms with Gasteiger partial charge in [-0.05, 0) is 19.9 Å². The van der Waals surface area contributed by atoms with E-state index >= 15 is 0 Å². The predicted octanol–water partition coefficient (Wildman–Crippen LogP) is 1.37. The van der Waals surface area contributed by atoms with Crippen molar-refractivity contribution in [2.75, 3.05) is 0 Å². The molecule has 100 valence electrons. The highest BCUT2D eigenvalue weighted by Crippen LogP contribution is 2.18. The molecule has 0 aliphatic rings. The van der Waals surface area contributed by atoms with Crippen LogP contribution in [0, 0.1) is 0 Å². The van der Waals surface area contributed by atoms with Gasteiger partial charge in [0.2, 0.25) is 0 Å². The van der Waals surface area contributed by atoms with Crippen LogP contribution in [0.3, 0.4) is 0 Å². The Morgan fingerprint density at radius 3 is 2.68 bits per heavy atom. The number of aromatic nitrogens is 2. The van der Waals surface area contributed by atoms with Gasteiger partial charge < -0.3 is 11.1 Å². The summed E-state index contributed by atoms with van der Waals surface area (Å²) < 4.78 is 1.68. The number of para-hydroxylation sites is 1. The van der Waals surface area contributed by atoms with E-state index in [1.54, 1.807) is 25.6 Å². The van der Waals surface area contributed by atoms with Crippen molar-refractivity contribution in [3.8, 4) is 0 Å². The van der Waals surface area contributed by atoms with Gasteiger partial charge in [0.05, 0.1) is 16.0 Å². The summed E-state index contributed by atoms with van der Waals surface area (Å²) in [7, 11) is 1.80. The van der Waals surface area contributed by atoms with Crippen LogP contribution in [0.2, 0.25) is 0 Å².